The summed E-state index contributed by atoms with van der Waals surface area (Å²) in [5.74, 6) is 0. The molecule has 1 aliphatic heterocycles. The Morgan fingerprint density at radius 2 is 1.68 bits per heavy atom. The molecular weight excluding hydrogens is 383 g/mol. The lowest BCUT2D eigenvalue weighted by molar-refractivity contribution is 0.402. The van der Waals surface area contributed by atoms with E-state index in [1.807, 2.05) is 26.2 Å². The molecular formula is C17H22Cl2N2O3S. The number of benzene rings is 2. The van der Waals surface area contributed by atoms with Crippen LogP contribution in [0.4, 0.5) is 11.4 Å². The van der Waals surface area contributed by atoms with E-state index in [-0.39, 0.29) is 17.9 Å². The average molecular weight is 405 g/mol. The van der Waals surface area contributed by atoms with Gasteiger partial charge in [-0.05, 0) is 57.4 Å². The molecule has 138 valence electrons. The first-order valence-electron chi connectivity index (χ1n) is 7.47. The van der Waals surface area contributed by atoms with Crippen LogP contribution in [0.5, 0.6) is 0 Å². The number of fused-ring (bicyclic) bond motifs is 2. The molecule has 0 aromatic heterocycles. The quantitative estimate of drug-likeness (QED) is 0.783. The molecule has 0 radical (unpaired) electrons. The monoisotopic (exact) mass is 404 g/mol. The molecule has 0 unspecified atom stereocenters. The minimum absolute atomic E-state index is 0. The summed E-state index contributed by atoms with van der Waals surface area (Å²) in [4.78, 5) is 4.86. The van der Waals surface area contributed by atoms with Crippen molar-refractivity contribution in [3.05, 3.63) is 47.5 Å². The lowest BCUT2D eigenvalue weighted by Gasteiger charge is -2.33. The fraction of sp³-hybridized carbons (Fsp3) is 0.294. The van der Waals surface area contributed by atoms with E-state index in [2.05, 4.69) is 9.80 Å². The predicted molar refractivity (Wildman–Crippen MR) is 104 cm³/mol. The molecule has 3 rings (SSSR count). The molecule has 1 aliphatic rings. The number of sulfone groups is 1. The highest BCUT2D eigenvalue weighted by atomic mass is 35.5. The third kappa shape index (κ3) is 4.10. The summed E-state index contributed by atoms with van der Waals surface area (Å²) in [6.45, 7) is 1.67. The number of rotatable bonds is 4. The third-order valence-electron chi connectivity index (χ3n) is 3.93. The highest BCUT2D eigenvalue weighted by Gasteiger charge is 2.33. The maximum atomic E-state index is 12.9. The standard InChI is InChI=1S/C17H19ClN2O2S.ClH.H2O/c1-19(2)10-5-11-20-14-6-3-4-7-16(14)23(21,22)17-9-8-13(18)12-15(17)20;;/h3-4,6-9,12H,5,10-11H2,1-2H3;1H;1H2. The van der Waals surface area contributed by atoms with Gasteiger partial charge in [-0.25, -0.2) is 8.42 Å². The molecule has 25 heavy (non-hydrogen) atoms. The Balaban J connectivity index is 0.00000156. The van der Waals surface area contributed by atoms with Crippen LogP contribution in [-0.2, 0) is 9.84 Å². The Morgan fingerprint density at radius 1 is 1.04 bits per heavy atom. The van der Waals surface area contributed by atoms with Gasteiger partial charge in [0.2, 0.25) is 9.84 Å². The second kappa shape index (κ2) is 8.38. The molecule has 0 atom stereocenters. The molecule has 0 fully saturated rings. The number of nitrogens with zero attached hydrogens (tertiary/aromatic N) is 2. The van der Waals surface area contributed by atoms with Crippen LogP contribution in [0.2, 0.25) is 5.02 Å². The fourth-order valence-electron chi connectivity index (χ4n) is 2.87. The molecule has 0 spiro atoms. The van der Waals surface area contributed by atoms with Gasteiger partial charge >= 0.3 is 0 Å². The zero-order chi connectivity index (χ0) is 16.6. The van der Waals surface area contributed by atoms with Gasteiger partial charge in [-0.2, -0.15) is 0 Å². The molecule has 8 heteroatoms. The molecule has 2 aromatic rings. The molecule has 2 N–H and O–H groups in total. The first kappa shape index (κ1) is 21.7. The van der Waals surface area contributed by atoms with Crippen molar-refractivity contribution in [2.45, 2.75) is 16.2 Å². The number of halogens is 2. The number of hydrogen-bond donors (Lipinski definition) is 0. The molecule has 0 bridgehead atoms. The first-order chi connectivity index (χ1) is 10.9. The van der Waals surface area contributed by atoms with E-state index in [0.29, 0.717) is 20.5 Å². The normalized spacial score (nSPS) is 14.2. The Morgan fingerprint density at radius 3 is 2.36 bits per heavy atom. The van der Waals surface area contributed by atoms with Gasteiger partial charge in [0.1, 0.15) is 0 Å². The number of para-hydroxylation sites is 1. The van der Waals surface area contributed by atoms with Crippen LogP contribution in [-0.4, -0.2) is 46.0 Å². The van der Waals surface area contributed by atoms with Crippen molar-refractivity contribution in [1.82, 2.24) is 4.90 Å². The summed E-state index contributed by atoms with van der Waals surface area (Å²) >= 11 is 6.12. The lowest BCUT2D eigenvalue weighted by atomic mass is 10.2. The van der Waals surface area contributed by atoms with Gasteiger partial charge in [0, 0.05) is 11.6 Å². The molecule has 1 heterocycles. The summed E-state index contributed by atoms with van der Waals surface area (Å²) < 4.78 is 25.7. The van der Waals surface area contributed by atoms with E-state index < -0.39 is 9.84 Å². The molecule has 0 amide bonds. The van der Waals surface area contributed by atoms with Crippen molar-refractivity contribution in [2.24, 2.45) is 0 Å². The maximum absolute atomic E-state index is 12.9. The second-order valence-corrected chi connectivity index (χ2v) is 8.21. The predicted octanol–water partition coefficient (Wildman–Crippen LogP) is 3.17. The van der Waals surface area contributed by atoms with Gasteiger partial charge in [0.05, 0.1) is 21.2 Å². The summed E-state index contributed by atoms with van der Waals surface area (Å²) in [5.41, 5.74) is 1.39. The van der Waals surface area contributed by atoms with E-state index >= 15 is 0 Å². The smallest absolute Gasteiger partial charge is 0.210 e. The Hall–Kier alpha value is -1.31. The fourth-order valence-corrected chi connectivity index (χ4v) is 4.68. The van der Waals surface area contributed by atoms with Crippen molar-refractivity contribution in [3.63, 3.8) is 0 Å². The highest BCUT2D eigenvalue weighted by Crippen LogP contribution is 2.44. The van der Waals surface area contributed by atoms with E-state index in [4.69, 9.17) is 11.6 Å². The summed E-state index contributed by atoms with van der Waals surface area (Å²) in [7, 11) is 0.551. The van der Waals surface area contributed by atoms with Crippen LogP contribution >= 0.6 is 24.0 Å². The third-order valence-corrected chi connectivity index (χ3v) is 6.02. The minimum atomic E-state index is -3.50. The van der Waals surface area contributed by atoms with Crippen molar-refractivity contribution < 1.29 is 13.9 Å². The van der Waals surface area contributed by atoms with Gasteiger partial charge < -0.3 is 15.3 Å². The number of anilines is 2. The van der Waals surface area contributed by atoms with Crippen LogP contribution in [0.25, 0.3) is 0 Å². The summed E-state index contributed by atoms with van der Waals surface area (Å²) in [5, 5.41) is 0.538. The van der Waals surface area contributed by atoms with Gasteiger partial charge in [-0.3, -0.25) is 0 Å². The molecule has 0 saturated heterocycles. The van der Waals surface area contributed by atoms with Gasteiger partial charge in [-0.1, -0.05) is 23.7 Å². The van der Waals surface area contributed by atoms with Crippen LogP contribution in [0.1, 0.15) is 6.42 Å². The molecule has 0 aliphatic carbocycles. The lowest BCUT2D eigenvalue weighted by Crippen LogP contribution is -2.28. The van der Waals surface area contributed by atoms with E-state index in [0.717, 1.165) is 25.2 Å². The van der Waals surface area contributed by atoms with E-state index in [1.165, 1.54) is 0 Å². The van der Waals surface area contributed by atoms with Crippen LogP contribution < -0.4 is 4.90 Å². The first-order valence-corrected chi connectivity index (χ1v) is 9.33. The van der Waals surface area contributed by atoms with E-state index in [1.54, 1.807) is 30.3 Å². The zero-order valence-corrected chi connectivity index (χ0v) is 16.5. The maximum Gasteiger partial charge on any atom is 0.210 e. The largest absolute Gasteiger partial charge is 0.412 e. The van der Waals surface area contributed by atoms with Crippen LogP contribution in [0, 0.1) is 0 Å². The van der Waals surface area contributed by atoms with E-state index in [9.17, 15) is 8.42 Å². The SMILES string of the molecule is CN(C)CCCN1c2ccccc2S(=O)(=O)c2ccc(Cl)cc21.Cl.O. The van der Waals surface area contributed by atoms with Gasteiger partial charge in [-0.15, -0.1) is 12.4 Å². The van der Waals surface area contributed by atoms with Crippen LogP contribution in [0.15, 0.2) is 52.3 Å². The number of hydrogen-bond acceptors (Lipinski definition) is 4. The summed E-state index contributed by atoms with van der Waals surface area (Å²) in [6, 6.07) is 12.1. The van der Waals surface area contributed by atoms with Gasteiger partial charge in [0.15, 0.2) is 0 Å². The average Bonchev–Trinajstić information content (AvgIpc) is 2.50. The Kier molecular flexibility index (Phi) is 7.28. The van der Waals surface area contributed by atoms with Crippen molar-refractivity contribution >= 4 is 45.2 Å². The Bertz CT molecular complexity index is 842. The molecule has 5 nitrogen and oxygen atoms in total. The minimum Gasteiger partial charge on any atom is -0.412 e. The van der Waals surface area contributed by atoms with Crippen molar-refractivity contribution in [2.75, 3.05) is 32.1 Å². The highest BCUT2D eigenvalue weighted by molar-refractivity contribution is 7.92. The Labute approximate surface area is 159 Å². The summed E-state index contributed by atoms with van der Waals surface area (Å²) in [6.07, 6.45) is 0.924. The molecule has 0 saturated carbocycles. The second-order valence-electron chi connectivity index (χ2n) is 5.89. The topological polar surface area (TPSA) is 72.1 Å². The van der Waals surface area contributed by atoms with Crippen molar-refractivity contribution in [3.8, 4) is 0 Å². The molecule has 2 aromatic carbocycles. The van der Waals surface area contributed by atoms with Crippen LogP contribution in [0.3, 0.4) is 0 Å². The zero-order valence-electron chi connectivity index (χ0n) is 14.1. The van der Waals surface area contributed by atoms with Gasteiger partial charge in [0.25, 0.3) is 0 Å². The van der Waals surface area contributed by atoms with Crippen molar-refractivity contribution in [1.29, 1.82) is 0 Å².